The molecule has 0 aliphatic rings. The molecule has 16 heavy (non-hydrogen) atoms. The van der Waals surface area contributed by atoms with Crippen molar-refractivity contribution < 1.29 is 0 Å². The molecule has 0 aromatic heterocycles. The number of rotatable bonds is 4. The summed E-state index contributed by atoms with van der Waals surface area (Å²) in [6.07, 6.45) is 3.83. The van der Waals surface area contributed by atoms with Crippen molar-refractivity contribution in [3.63, 3.8) is 0 Å². The highest BCUT2D eigenvalue weighted by Crippen LogP contribution is 2.03. The van der Waals surface area contributed by atoms with Crippen LogP contribution in [0.2, 0.25) is 0 Å². The number of benzene rings is 1. The van der Waals surface area contributed by atoms with E-state index >= 15 is 0 Å². The van der Waals surface area contributed by atoms with Gasteiger partial charge < -0.3 is 5.32 Å². The molecule has 0 saturated heterocycles. The molecule has 0 aliphatic carbocycles. The highest BCUT2D eigenvalue weighted by Gasteiger charge is 1.87. The zero-order valence-electron chi connectivity index (χ0n) is 11.7. The van der Waals surface area contributed by atoms with Crippen LogP contribution in [0.4, 0.5) is 0 Å². The van der Waals surface area contributed by atoms with Crippen molar-refractivity contribution in [2.24, 2.45) is 0 Å². The SMILES string of the molecule is CC.CCCCc1ccccc1.CCNC. The van der Waals surface area contributed by atoms with Gasteiger partial charge in [0.2, 0.25) is 0 Å². The van der Waals surface area contributed by atoms with Crippen molar-refractivity contribution in [3.05, 3.63) is 35.9 Å². The molecular weight excluding hydrogens is 194 g/mol. The second-order valence-corrected chi connectivity index (χ2v) is 3.30. The van der Waals surface area contributed by atoms with Gasteiger partial charge in [0.25, 0.3) is 0 Å². The third-order valence-electron chi connectivity index (χ3n) is 2.02. The van der Waals surface area contributed by atoms with Gasteiger partial charge in [-0.25, -0.2) is 0 Å². The number of unbranched alkanes of at least 4 members (excludes halogenated alkanes) is 1. The zero-order valence-corrected chi connectivity index (χ0v) is 11.7. The third kappa shape index (κ3) is 13.2. The van der Waals surface area contributed by atoms with Crippen molar-refractivity contribution in [1.82, 2.24) is 5.32 Å². The van der Waals surface area contributed by atoms with Gasteiger partial charge in [0.15, 0.2) is 0 Å². The van der Waals surface area contributed by atoms with Gasteiger partial charge in [-0.1, -0.05) is 64.4 Å². The molecule has 0 fully saturated rings. The van der Waals surface area contributed by atoms with E-state index in [2.05, 4.69) is 49.5 Å². The fourth-order valence-electron chi connectivity index (χ4n) is 1.03. The van der Waals surface area contributed by atoms with Crippen LogP contribution >= 0.6 is 0 Å². The van der Waals surface area contributed by atoms with Crippen LogP contribution in [0.5, 0.6) is 0 Å². The molecule has 1 heteroatoms. The first-order valence-corrected chi connectivity index (χ1v) is 6.53. The normalized spacial score (nSPS) is 8.31. The monoisotopic (exact) mass is 223 g/mol. The Labute approximate surface area is 102 Å². The molecular formula is C15H29N. The van der Waals surface area contributed by atoms with Crippen LogP contribution in [0.15, 0.2) is 30.3 Å². The van der Waals surface area contributed by atoms with E-state index in [0.717, 1.165) is 6.54 Å². The van der Waals surface area contributed by atoms with Gasteiger partial charge in [-0.3, -0.25) is 0 Å². The van der Waals surface area contributed by atoms with Gasteiger partial charge in [-0.05, 0) is 32.0 Å². The fraction of sp³-hybridized carbons (Fsp3) is 0.600. The van der Waals surface area contributed by atoms with E-state index in [9.17, 15) is 0 Å². The minimum atomic E-state index is 1.07. The summed E-state index contributed by atoms with van der Waals surface area (Å²) in [4.78, 5) is 0. The van der Waals surface area contributed by atoms with Crippen LogP contribution in [0.1, 0.15) is 46.1 Å². The first-order valence-electron chi connectivity index (χ1n) is 6.53. The van der Waals surface area contributed by atoms with E-state index in [4.69, 9.17) is 0 Å². The minimum absolute atomic E-state index is 1.07. The molecule has 1 aromatic rings. The molecule has 1 rings (SSSR count). The molecule has 1 aromatic carbocycles. The summed E-state index contributed by atoms with van der Waals surface area (Å²) in [6, 6.07) is 10.6. The molecule has 0 aliphatic heterocycles. The van der Waals surface area contributed by atoms with Crippen molar-refractivity contribution in [2.75, 3.05) is 13.6 Å². The van der Waals surface area contributed by atoms with Crippen LogP contribution < -0.4 is 5.32 Å². The first-order chi connectivity index (χ1) is 7.85. The Morgan fingerprint density at radius 3 is 1.88 bits per heavy atom. The van der Waals surface area contributed by atoms with Crippen molar-refractivity contribution >= 4 is 0 Å². The maximum atomic E-state index is 2.93. The molecule has 0 unspecified atom stereocenters. The predicted molar refractivity (Wildman–Crippen MR) is 76.0 cm³/mol. The Bertz CT molecular complexity index is 192. The maximum absolute atomic E-state index is 2.93. The Morgan fingerprint density at radius 1 is 1.00 bits per heavy atom. The smallest absolute Gasteiger partial charge is 0.00804 e. The molecule has 0 heterocycles. The first kappa shape index (κ1) is 17.6. The summed E-state index contributed by atoms with van der Waals surface area (Å²) in [5.74, 6) is 0. The molecule has 0 radical (unpaired) electrons. The standard InChI is InChI=1S/C10H14.C3H9N.C2H6/c1-2-3-7-10-8-5-4-6-9-10;1-3-4-2;1-2/h4-6,8-9H,2-3,7H2,1H3;4H,3H2,1-2H3;1-2H3. The second-order valence-electron chi connectivity index (χ2n) is 3.30. The summed E-state index contributed by atoms with van der Waals surface area (Å²) in [5, 5.41) is 2.93. The third-order valence-corrected chi connectivity index (χ3v) is 2.02. The number of hydrogen-bond acceptors (Lipinski definition) is 1. The van der Waals surface area contributed by atoms with Crippen LogP contribution in [0, 0.1) is 0 Å². The van der Waals surface area contributed by atoms with Crippen LogP contribution in [0.3, 0.4) is 0 Å². The van der Waals surface area contributed by atoms with E-state index in [1.54, 1.807) is 0 Å². The van der Waals surface area contributed by atoms with E-state index in [0.29, 0.717) is 0 Å². The highest BCUT2D eigenvalue weighted by atomic mass is 14.8. The number of hydrogen-bond donors (Lipinski definition) is 1. The molecule has 1 N–H and O–H groups in total. The van der Waals surface area contributed by atoms with Gasteiger partial charge in [0.1, 0.15) is 0 Å². The van der Waals surface area contributed by atoms with Crippen LogP contribution in [-0.4, -0.2) is 13.6 Å². The van der Waals surface area contributed by atoms with Gasteiger partial charge in [0.05, 0.1) is 0 Å². The van der Waals surface area contributed by atoms with Gasteiger partial charge in [-0.15, -0.1) is 0 Å². The van der Waals surface area contributed by atoms with Gasteiger partial charge in [0, 0.05) is 0 Å². The van der Waals surface area contributed by atoms with Gasteiger partial charge >= 0.3 is 0 Å². The Hall–Kier alpha value is -0.820. The van der Waals surface area contributed by atoms with Crippen molar-refractivity contribution in [3.8, 4) is 0 Å². The lowest BCUT2D eigenvalue weighted by atomic mass is 10.1. The number of aryl methyl sites for hydroxylation is 1. The van der Waals surface area contributed by atoms with Crippen LogP contribution in [0.25, 0.3) is 0 Å². The summed E-state index contributed by atoms with van der Waals surface area (Å²) >= 11 is 0. The quantitative estimate of drug-likeness (QED) is 0.803. The maximum Gasteiger partial charge on any atom is -0.00804 e. The fourth-order valence-corrected chi connectivity index (χ4v) is 1.03. The minimum Gasteiger partial charge on any atom is -0.320 e. The van der Waals surface area contributed by atoms with Gasteiger partial charge in [-0.2, -0.15) is 0 Å². The van der Waals surface area contributed by atoms with E-state index < -0.39 is 0 Å². The Kier molecular flexibility index (Phi) is 18.2. The van der Waals surface area contributed by atoms with Crippen LogP contribution in [-0.2, 0) is 6.42 Å². The molecule has 0 saturated carbocycles. The Balaban J connectivity index is 0. The lowest BCUT2D eigenvalue weighted by molar-refractivity contribution is 0.795. The Morgan fingerprint density at radius 2 is 1.50 bits per heavy atom. The van der Waals surface area contributed by atoms with Crippen molar-refractivity contribution in [1.29, 1.82) is 0 Å². The zero-order chi connectivity index (χ0) is 12.6. The summed E-state index contributed by atoms with van der Waals surface area (Å²) in [5.41, 5.74) is 1.46. The second kappa shape index (κ2) is 16.6. The molecule has 0 spiro atoms. The number of nitrogens with one attached hydrogen (secondary N) is 1. The molecule has 0 atom stereocenters. The van der Waals surface area contributed by atoms with E-state index in [-0.39, 0.29) is 0 Å². The average Bonchev–Trinajstić information content (AvgIpc) is 2.40. The van der Waals surface area contributed by atoms with Crippen molar-refractivity contribution in [2.45, 2.75) is 47.0 Å². The summed E-state index contributed by atoms with van der Waals surface area (Å²) in [7, 11) is 1.93. The average molecular weight is 223 g/mol. The topological polar surface area (TPSA) is 12.0 Å². The lowest BCUT2D eigenvalue weighted by Gasteiger charge is -1.96. The summed E-state index contributed by atoms with van der Waals surface area (Å²) in [6.45, 7) is 9.36. The summed E-state index contributed by atoms with van der Waals surface area (Å²) < 4.78 is 0. The largest absolute Gasteiger partial charge is 0.320 e. The molecule has 1 nitrogen and oxygen atoms in total. The molecule has 0 amide bonds. The molecule has 94 valence electrons. The molecule has 0 bridgehead atoms. The van der Waals surface area contributed by atoms with E-state index in [1.165, 1.54) is 24.8 Å². The predicted octanol–water partition coefficient (Wildman–Crippen LogP) is 4.28. The van der Waals surface area contributed by atoms with E-state index in [1.807, 2.05) is 20.9 Å². The highest BCUT2D eigenvalue weighted by molar-refractivity contribution is 5.14. The lowest BCUT2D eigenvalue weighted by Crippen LogP contribution is -2.01.